The number of likely N-dealkylation sites (tertiary alicyclic amines) is 1. The average Bonchev–Trinajstić information content (AvgIpc) is 3.44. The summed E-state index contributed by atoms with van der Waals surface area (Å²) in [6.45, 7) is 12.1. The van der Waals surface area contributed by atoms with Crippen molar-refractivity contribution in [3.8, 4) is 0 Å². The van der Waals surface area contributed by atoms with Crippen LogP contribution in [0.3, 0.4) is 0 Å². The first-order valence-corrected chi connectivity index (χ1v) is 15.8. The lowest BCUT2D eigenvalue weighted by atomic mass is 10.0. The Morgan fingerprint density at radius 3 is 2.69 bits per heavy atom. The van der Waals surface area contributed by atoms with Gasteiger partial charge in [0.05, 0.1) is 19.3 Å². The topological polar surface area (TPSA) is 130 Å². The molecule has 0 spiro atoms. The lowest BCUT2D eigenvalue weighted by Crippen LogP contribution is -2.56. The molecule has 2 saturated heterocycles. The minimum absolute atomic E-state index is 0.159. The number of unbranched alkanes of at least 4 members (excludes halogenated alkanes) is 1. The molecule has 45 heavy (non-hydrogen) atoms. The molecule has 1 unspecified atom stereocenters. The van der Waals surface area contributed by atoms with Crippen molar-refractivity contribution in [3.05, 3.63) is 60.3 Å². The standard InChI is InChI=1S/C33H43N7O5/c1-5-7-15-45-33(43)39(21-23-9-8-10-25(18-23)36-32(42)27-11-14-38(27)30(41)6-2)29-19-28(35-24-12-16-44-17-13-24)37-31-26(22(3)4)20-34-40(29)31/h6,8-10,18-20,22,24,27H,2,5,7,11-17,21H2,1,3-4H3,(H,35,37)(H,36,42). The van der Waals surface area contributed by atoms with Gasteiger partial charge in [-0.05, 0) is 55.4 Å². The Hall–Kier alpha value is -4.45. The fourth-order valence-corrected chi connectivity index (χ4v) is 5.51. The smallest absolute Gasteiger partial charge is 0.415 e. The molecule has 2 N–H and O–H groups in total. The van der Waals surface area contributed by atoms with Gasteiger partial charge in [-0.15, -0.1) is 0 Å². The molecule has 2 aliphatic heterocycles. The summed E-state index contributed by atoms with van der Waals surface area (Å²) in [4.78, 5) is 46.7. The van der Waals surface area contributed by atoms with E-state index in [1.807, 2.05) is 31.2 Å². The molecule has 3 aromatic rings. The zero-order valence-electron chi connectivity index (χ0n) is 26.3. The second kappa shape index (κ2) is 14.6. The monoisotopic (exact) mass is 617 g/mol. The third-order valence-electron chi connectivity index (χ3n) is 8.21. The molecule has 0 aliphatic carbocycles. The fourth-order valence-electron chi connectivity index (χ4n) is 5.51. The van der Waals surface area contributed by atoms with Crippen LogP contribution in [0.25, 0.3) is 5.65 Å². The summed E-state index contributed by atoms with van der Waals surface area (Å²) in [6.07, 6.45) is 6.46. The predicted molar refractivity (Wildman–Crippen MR) is 172 cm³/mol. The van der Waals surface area contributed by atoms with Gasteiger partial charge in [-0.1, -0.05) is 45.9 Å². The molecule has 2 aliphatic rings. The molecule has 12 nitrogen and oxygen atoms in total. The Bertz CT molecular complexity index is 1530. The van der Waals surface area contributed by atoms with Crippen molar-refractivity contribution in [2.24, 2.45) is 0 Å². The largest absolute Gasteiger partial charge is 0.449 e. The Morgan fingerprint density at radius 2 is 2.00 bits per heavy atom. The molecule has 240 valence electrons. The van der Waals surface area contributed by atoms with E-state index < -0.39 is 12.1 Å². The summed E-state index contributed by atoms with van der Waals surface area (Å²) in [5.41, 5.74) is 2.98. The van der Waals surface area contributed by atoms with Crippen LogP contribution in [0.5, 0.6) is 0 Å². The second-order valence-electron chi connectivity index (χ2n) is 11.8. The number of carbonyl (C=O) groups is 3. The van der Waals surface area contributed by atoms with Crippen molar-refractivity contribution in [1.82, 2.24) is 19.5 Å². The highest BCUT2D eigenvalue weighted by Gasteiger charge is 2.36. The lowest BCUT2D eigenvalue weighted by Gasteiger charge is -2.39. The number of ether oxygens (including phenoxy) is 2. The molecule has 0 radical (unpaired) electrons. The van der Waals surface area contributed by atoms with E-state index in [0.717, 1.165) is 36.8 Å². The lowest BCUT2D eigenvalue weighted by molar-refractivity contribution is -0.141. The van der Waals surface area contributed by atoms with Crippen LogP contribution in [0.15, 0.2) is 49.2 Å². The van der Waals surface area contributed by atoms with Gasteiger partial charge in [-0.3, -0.25) is 14.5 Å². The first-order chi connectivity index (χ1) is 21.8. The highest BCUT2D eigenvalue weighted by Crippen LogP contribution is 2.29. The van der Waals surface area contributed by atoms with Gasteiger partial charge in [0, 0.05) is 43.1 Å². The zero-order chi connectivity index (χ0) is 31.9. The molecule has 2 aromatic heterocycles. The fraction of sp³-hybridized carbons (Fsp3) is 0.485. The summed E-state index contributed by atoms with van der Waals surface area (Å²) < 4.78 is 13.0. The van der Waals surface area contributed by atoms with Crippen LogP contribution in [0.4, 0.5) is 22.1 Å². The van der Waals surface area contributed by atoms with Crippen LogP contribution in [-0.2, 0) is 25.6 Å². The third kappa shape index (κ3) is 7.44. The summed E-state index contributed by atoms with van der Waals surface area (Å²) in [5, 5.41) is 11.1. The van der Waals surface area contributed by atoms with Crippen LogP contribution in [0, 0.1) is 0 Å². The maximum atomic E-state index is 13.7. The third-order valence-corrected chi connectivity index (χ3v) is 8.21. The molecule has 2 fully saturated rings. The van der Waals surface area contributed by atoms with Gasteiger partial charge in [0.2, 0.25) is 11.8 Å². The van der Waals surface area contributed by atoms with E-state index in [-0.39, 0.29) is 30.3 Å². The molecule has 0 bridgehead atoms. The van der Waals surface area contributed by atoms with Gasteiger partial charge >= 0.3 is 6.09 Å². The first kappa shape index (κ1) is 32.0. The number of hydrogen-bond donors (Lipinski definition) is 2. The quantitative estimate of drug-likeness (QED) is 0.212. The molecule has 4 heterocycles. The number of amides is 3. The van der Waals surface area contributed by atoms with Crippen LogP contribution in [-0.4, -0.2) is 75.9 Å². The highest BCUT2D eigenvalue weighted by atomic mass is 16.6. The average molecular weight is 618 g/mol. The minimum atomic E-state index is -0.536. The maximum absolute atomic E-state index is 13.7. The van der Waals surface area contributed by atoms with Crippen LogP contribution in [0.2, 0.25) is 0 Å². The molecule has 12 heteroatoms. The van der Waals surface area contributed by atoms with E-state index in [0.29, 0.717) is 55.8 Å². The van der Waals surface area contributed by atoms with E-state index in [4.69, 9.17) is 14.5 Å². The Morgan fingerprint density at radius 1 is 1.20 bits per heavy atom. The number of anilines is 3. The molecule has 5 rings (SSSR count). The predicted octanol–water partition coefficient (Wildman–Crippen LogP) is 5.11. The second-order valence-corrected chi connectivity index (χ2v) is 11.8. The van der Waals surface area contributed by atoms with Gasteiger partial charge in [0.15, 0.2) is 5.65 Å². The Kier molecular flexibility index (Phi) is 10.3. The number of aromatic nitrogens is 3. The Labute approximate surface area is 263 Å². The van der Waals surface area contributed by atoms with Crippen molar-refractivity contribution in [2.45, 2.75) is 77.4 Å². The van der Waals surface area contributed by atoms with Crippen LogP contribution >= 0.6 is 0 Å². The molecular weight excluding hydrogens is 574 g/mol. The van der Waals surface area contributed by atoms with Gasteiger partial charge in [-0.2, -0.15) is 9.61 Å². The van der Waals surface area contributed by atoms with Gasteiger partial charge < -0.3 is 25.0 Å². The van der Waals surface area contributed by atoms with E-state index >= 15 is 0 Å². The SMILES string of the molecule is C=CC(=O)N1CCC1C(=O)Nc1cccc(CN(C(=O)OCCCC)c2cc(NC3CCOCC3)nc3c(C(C)C)cnn23)c1. The summed E-state index contributed by atoms with van der Waals surface area (Å²) in [6, 6.07) is 8.83. The molecule has 1 atom stereocenters. The number of nitrogens with one attached hydrogen (secondary N) is 2. The van der Waals surface area contributed by atoms with E-state index in [1.165, 1.54) is 11.0 Å². The molecule has 1 aromatic carbocycles. The van der Waals surface area contributed by atoms with E-state index in [9.17, 15) is 14.4 Å². The number of benzene rings is 1. The first-order valence-electron chi connectivity index (χ1n) is 15.8. The Balaban J connectivity index is 1.46. The summed E-state index contributed by atoms with van der Waals surface area (Å²) >= 11 is 0. The molecule has 0 saturated carbocycles. The summed E-state index contributed by atoms with van der Waals surface area (Å²) in [7, 11) is 0. The summed E-state index contributed by atoms with van der Waals surface area (Å²) in [5.74, 6) is 0.811. The maximum Gasteiger partial charge on any atom is 0.415 e. The van der Waals surface area contributed by atoms with Crippen LogP contribution < -0.4 is 15.5 Å². The van der Waals surface area contributed by atoms with Crippen molar-refractivity contribution in [2.75, 3.05) is 41.9 Å². The van der Waals surface area contributed by atoms with Crippen molar-refractivity contribution in [3.63, 3.8) is 0 Å². The van der Waals surface area contributed by atoms with Crippen molar-refractivity contribution in [1.29, 1.82) is 0 Å². The van der Waals surface area contributed by atoms with Gasteiger partial charge in [0.25, 0.3) is 0 Å². The molecule has 3 amide bonds. The highest BCUT2D eigenvalue weighted by molar-refractivity contribution is 6.00. The zero-order valence-corrected chi connectivity index (χ0v) is 26.3. The van der Waals surface area contributed by atoms with E-state index in [2.05, 4.69) is 36.2 Å². The van der Waals surface area contributed by atoms with Gasteiger partial charge in [-0.25, -0.2) is 9.78 Å². The minimum Gasteiger partial charge on any atom is -0.449 e. The number of rotatable bonds is 12. The number of hydrogen-bond acceptors (Lipinski definition) is 8. The number of fused-ring (bicyclic) bond motifs is 1. The van der Waals surface area contributed by atoms with Crippen molar-refractivity contribution < 1.29 is 23.9 Å². The van der Waals surface area contributed by atoms with Gasteiger partial charge in [0.1, 0.15) is 17.7 Å². The van der Waals surface area contributed by atoms with E-state index in [1.54, 1.807) is 21.7 Å². The number of nitrogens with zero attached hydrogens (tertiary/aromatic N) is 5. The van der Waals surface area contributed by atoms with Crippen LogP contribution in [0.1, 0.15) is 69.9 Å². The normalized spacial score (nSPS) is 16.7. The molecular formula is C33H43N7O5. The van der Waals surface area contributed by atoms with Crippen molar-refractivity contribution >= 4 is 40.9 Å². The number of carbonyl (C=O) groups excluding carboxylic acids is 3.